The van der Waals surface area contributed by atoms with Crippen LogP contribution in [-0.2, 0) is 23.9 Å². The van der Waals surface area contributed by atoms with E-state index in [-0.39, 0.29) is 36.9 Å². The lowest BCUT2D eigenvalue weighted by Gasteiger charge is -2.40. The monoisotopic (exact) mass is 551 g/mol. The Bertz CT molecular complexity index is 911. The predicted molar refractivity (Wildman–Crippen MR) is 147 cm³/mol. The van der Waals surface area contributed by atoms with E-state index in [2.05, 4.69) is 11.5 Å². The van der Waals surface area contributed by atoms with Crippen molar-refractivity contribution >= 4 is 29.5 Å². The Morgan fingerprint density at radius 2 is 2.03 bits per heavy atom. The van der Waals surface area contributed by atoms with Crippen LogP contribution in [0.4, 0.5) is 0 Å². The number of carbonyl (C=O) groups is 3. The van der Waals surface area contributed by atoms with Crippen molar-refractivity contribution in [3.05, 3.63) is 12.7 Å². The van der Waals surface area contributed by atoms with Crippen molar-refractivity contribution in [3.8, 4) is 0 Å². The summed E-state index contributed by atoms with van der Waals surface area (Å²) in [5.41, 5.74) is 0. The van der Waals surface area contributed by atoms with Crippen LogP contribution in [0.25, 0.3) is 0 Å². The lowest BCUT2D eigenvalue weighted by Crippen LogP contribution is -2.58. The zero-order chi connectivity index (χ0) is 27.7. The van der Waals surface area contributed by atoms with Crippen LogP contribution in [0.15, 0.2) is 12.7 Å². The van der Waals surface area contributed by atoms with Gasteiger partial charge < -0.3 is 24.4 Å². The van der Waals surface area contributed by atoms with E-state index in [1.807, 2.05) is 25.7 Å². The Morgan fingerprint density at radius 3 is 2.63 bits per heavy atom. The molecule has 2 unspecified atom stereocenters. The highest BCUT2D eigenvalue weighted by molar-refractivity contribution is 8.02. The van der Waals surface area contributed by atoms with Crippen molar-refractivity contribution in [2.75, 3.05) is 59.2 Å². The molecule has 4 fully saturated rings. The zero-order valence-electron chi connectivity index (χ0n) is 23.4. The fourth-order valence-electron chi connectivity index (χ4n) is 7.15. The first-order valence-electron chi connectivity index (χ1n) is 14.1. The highest BCUT2D eigenvalue weighted by Crippen LogP contribution is 2.71. The number of hydrogen-bond donors (Lipinski definition) is 1. The molecule has 0 saturated carbocycles. The Morgan fingerprint density at radius 1 is 1.32 bits per heavy atom. The van der Waals surface area contributed by atoms with Crippen molar-refractivity contribution in [3.63, 3.8) is 0 Å². The number of morpholine rings is 1. The van der Waals surface area contributed by atoms with Gasteiger partial charge in [0.25, 0.3) is 0 Å². The van der Waals surface area contributed by atoms with Crippen LogP contribution >= 0.6 is 11.8 Å². The number of rotatable bonds is 12. The maximum Gasteiger partial charge on any atom is 0.311 e. The number of likely N-dealkylation sites (tertiary alicyclic amines) is 1. The number of ether oxygens (including phenoxy) is 2. The largest absolute Gasteiger partial charge is 0.466 e. The van der Waals surface area contributed by atoms with E-state index in [1.165, 1.54) is 0 Å². The topological polar surface area (TPSA) is 99.6 Å². The quantitative estimate of drug-likeness (QED) is 0.290. The fourth-order valence-corrected chi connectivity index (χ4v) is 9.48. The molecule has 9 nitrogen and oxygen atoms in total. The molecule has 0 radical (unpaired) electrons. The molecule has 1 spiro atoms. The van der Waals surface area contributed by atoms with Gasteiger partial charge in [-0.15, -0.1) is 18.3 Å². The normalized spacial score (nSPS) is 33.5. The van der Waals surface area contributed by atoms with Crippen LogP contribution in [0.2, 0.25) is 0 Å². The Balaban J connectivity index is 1.71. The Labute approximate surface area is 231 Å². The Kier molecular flexibility index (Phi) is 9.17. The molecular weight excluding hydrogens is 506 g/mol. The van der Waals surface area contributed by atoms with Gasteiger partial charge in [-0.25, -0.2) is 0 Å². The second-order valence-corrected chi connectivity index (χ2v) is 13.6. The van der Waals surface area contributed by atoms with Crippen LogP contribution in [0.5, 0.6) is 0 Å². The van der Waals surface area contributed by atoms with Gasteiger partial charge in [0.2, 0.25) is 11.8 Å². The van der Waals surface area contributed by atoms with Gasteiger partial charge in [0.05, 0.1) is 49.1 Å². The van der Waals surface area contributed by atoms with E-state index >= 15 is 0 Å². The van der Waals surface area contributed by atoms with Gasteiger partial charge in [0, 0.05) is 37.5 Å². The summed E-state index contributed by atoms with van der Waals surface area (Å²) >= 11 is 1.64. The standard InChI is InChI=1S/C28H45N3O6S/c1-6-10-30(12-11-29-13-15-36-16-14-29)25(34)23-28-9-8-27(5,38-28)22(26(35)37-7-2)21(28)24(33)31(23)20(18-32)17-19(3)4/h6,19-23,32H,1,7-18H2,2-5H3/t20-,21+,22+,23?,27-,28?/m1/s1. The second-order valence-electron chi connectivity index (χ2n) is 11.7. The van der Waals surface area contributed by atoms with Crippen LogP contribution in [0.3, 0.4) is 0 Å². The number of hydrogen-bond acceptors (Lipinski definition) is 8. The molecule has 0 aromatic rings. The number of amides is 2. The predicted octanol–water partition coefficient (Wildman–Crippen LogP) is 1.78. The molecule has 2 amide bonds. The molecule has 10 heteroatoms. The molecule has 2 bridgehead atoms. The van der Waals surface area contributed by atoms with Gasteiger partial charge in [-0.3, -0.25) is 19.3 Å². The van der Waals surface area contributed by atoms with E-state index < -0.39 is 33.4 Å². The molecule has 0 aromatic carbocycles. The molecule has 6 atom stereocenters. The van der Waals surface area contributed by atoms with Crippen LogP contribution in [0, 0.1) is 17.8 Å². The molecule has 0 aliphatic carbocycles. The highest BCUT2D eigenvalue weighted by Gasteiger charge is 2.78. The number of carbonyl (C=O) groups excluding carboxylic acids is 3. The van der Waals surface area contributed by atoms with Crippen LogP contribution in [0.1, 0.15) is 47.0 Å². The van der Waals surface area contributed by atoms with E-state index in [0.717, 1.165) is 19.5 Å². The average molecular weight is 552 g/mol. The van der Waals surface area contributed by atoms with E-state index in [1.54, 1.807) is 29.7 Å². The van der Waals surface area contributed by atoms with E-state index in [9.17, 15) is 19.5 Å². The first kappa shape index (κ1) is 29.4. The maximum absolute atomic E-state index is 14.5. The number of aliphatic hydroxyl groups excluding tert-OH is 1. The molecule has 38 heavy (non-hydrogen) atoms. The van der Waals surface area contributed by atoms with Gasteiger partial charge in [0.1, 0.15) is 6.04 Å². The first-order valence-corrected chi connectivity index (χ1v) is 14.9. The average Bonchev–Trinajstić information content (AvgIpc) is 3.46. The molecule has 4 rings (SSSR count). The number of fused-ring (bicyclic) bond motifs is 1. The van der Waals surface area contributed by atoms with E-state index in [4.69, 9.17) is 9.47 Å². The zero-order valence-corrected chi connectivity index (χ0v) is 24.2. The van der Waals surface area contributed by atoms with Gasteiger partial charge in [-0.05, 0) is 39.0 Å². The second kappa shape index (κ2) is 11.9. The smallest absolute Gasteiger partial charge is 0.311 e. The van der Waals surface area contributed by atoms with Gasteiger partial charge in [-0.1, -0.05) is 19.9 Å². The minimum absolute atomic E-state index is 0.113. The third-order valence-electron chi connectivity index (χ3n) is 8.79. The number of thioether (sulfide) groups is 1. The molecule has 4 aliphatic heterocycles. The summed E-state index contributed by atoms with van der Waals surface area (Å²) in [5.74, 6) is -1.67. The Hall–Kier alpha value is -1.62. The third-order valence-corrected chi connectivity index (χ3v) is 10.8. The minimum Gasteiger partial charge on any atom is -0.466 e. The van der Waals surface area contributed by atoms with Gasteiger partial charge >= 0.3 is 5.97 Å². The number of nitrogens with zero attached hydrogens (tertiary/aromatic N) is 3. The molecular formula is C28H45N3O6S. The molecule has 4 saturated heterocycles. The number of aliphatic hydroxyl groups is 1. The summed E-state index contributed by atoms with van der Waals surface area (Å²) in [6.07, 6.45) is 3.73. The SMILES string of the molecule is C=CCN(CCN1CCOCC1)C(=O)C1N([C@@H](CO)CC(C)C)C(=O)[C@@H]2[C@@H](C(=O)OCC)[C@@]3(C)CCC12S3. The van der Waals surface area contributed by atoms with Gasteiger partial charge in [-0.2, -0.15) is 0 Å². The van der Waals surface area contributed by atoms with Crippen molar-refractivity contribution in [2.45, 2.75) is 68.5 Å². The summed E-state index contributed by atoms with van der Waals surface area (Å²) in [4.78, 5) is 47.9. The molecule has 4 heterocycles. The number of esters is 1. The minimum atomic E-state index is -0.744. The first-order chi connectivity index (χ1) is 18.1. The summed E-state index contributed by atoms with van der Waals surface area (Å²) in [7, 11) is 0. The molecule has 214 valence electrons. The van der Waals surface area contributed by atoms with Crippen molar-refractivity contribution < 1.29 is 29.0 Å². The maximum atomic E-state index is 14.5. The van der Waals surface area contributed by atoms with Crippen molar-refractivity contribution in [1.29, 1.82) is 0 Å². The highest BCUT2D eigenvalue weighted by atomic mass is 32.2. The van der Waals surface area contributed by atoms with Crippen molar-refractivity contribution in [2.24, 2.45) is 17.8 Å². The molecule has 4 aliphatic rings. The van der Waals surface area contributed by atoms with E-state index in [0.29, 0.717) is 45.7 Å². The summed E-state index contributed by atoms with van der Waals surface area (Å²) < 4.78 is 9.77. The van der Waals surface area contributed by atoms with Gasteiger partial charge in [0.15, 0.2) is 0 Å². The molecule has 0 aromatic heterocycles. The van der Waals surface area contributed by atoms with Crippen LogP contribution < -0.4 is 0 Å². The molecule has 1 N–H and O–H groups in total. The summed E-state index contributed by atoms with van der Waals surface area (Å²) in [6, 6.07) is -1.23. The lowest BCUT2D eigenvalue weighted by molar-refractivity contribution is -0.155. The van der Waals surface area contributed by atoms with Crippen molar-refractivity contribution in [1.82, 2.24) is 14.7 Å². The van der Waals surface area contributed by atoms with Crippen LogP contribution in [-0.4, -0.2) is 118 Å². The summed E-state index contributed by atoms with van der Waals surface area (Å²) in [5, 5.41) is 10.5. The third kappa shape index (κ3) is 5.13. The fraction of sp³-hybridized carbons (Fsp3) is 0.821. The lowest BCUT2D eigenvalue weighted by atomic mass is 9.66. The summed E-state index contributed by atoms with van der Waals surface area (Å²) in [6.45, 7) is 16.5.